The maximum atomic E-state index is 14.0. The zero-order valence-electron chi connectivity index (χ0n) is 11.3. The summed E-state index contributed by atoms with van der Waals surface area (Å²) >= 11 is 1.45. The molecule has 106 valence electrons. The lowest BCUT2D eigenvalue weighted by Gasteiger charge is -2.20. The molecular formula is C14H15F2N3S. The first-order chi connectivity index (χ1) is 9.61. The quantitative estimate of drug-likeness (QED) is 0.638. The Morgan fingerprint density at radius 1 is 1.40 bits per heavy atom. The van der Waals surface area contributed by atoms with E-state index in [1.165, 1.54) is 17.8 Å². The van der Waals surface area contributed by atoms with Gasteiger partial charge in [-0.15, -0.1) is 0 Å². The summed E-state index contributed by atoms with van der Waals surface area (Å²) in [6.07, 6.45) is -0.311. The number of rotatable bonds is 4. The molecule has 3 nitrogen and oxygen atoms in total. The molecule has 6 heteroatoms. The zero-order valence-corrected chi connectivity index (χ0v) is 12.1. The van der Waals surface area contributed by atoms with E-state index in [4.69, 9.17) is 0 Å². The minimum absolute atomic E-state index is 0.157. The number of hydrogen-bond acceptors (Lipinski definition) is 4. The topological polar surface area (TPSA) is 29.0 Å². The molecule has 0 aliphatic heterocycles. The molecule has 2 aromatic rings. The number of fused-ring (bicyclic) bond motifs is 1. The minimum Gasteiger partial charge on any atom is -0.353 e. The predicted molar refractivity (Wildman–Crippen MR) is 77.6 cm³/mol. The Kier molecular flexibility index (Phi) is 3.50. The number of hydrogen-bond donors (Lipinski definition) is 0. The molecule has 0 spiro atoms. The first kappa shape index (κ1) is 13.5. The van der Waals surface area contributed by atoms with Crippen LogP contribution in [0.4, 0.5) is 14.6 Å². The molecule has 0 bridgehead atoms. The highest BCUT2D eigenvalue weighted by Gasteiger charge is 2.42. The third kappa shape index (κ3) is 2.32. The lowest BCUT2D eigenvalue weighted by molar-refractivity contribution is 0.464. The van der Waals surface area contributed by atoms with Crippen molar-refractivity contribution in [3.63, 3.8) is 0 Å². The molecule has 1 aromatic heterocycles. The van der Waals surface area contributed by atoms with Crippen LogP contribution in [0.1, 0.15) is 13.3 Å². The maximum Gasteiger partial charge on any atom is 0.190 e. The highest BCUT2D eigenvalue weighted by Crippen LogP contribution is 2.36. The smallest absolute Gasteiger partial charge is 0.190 e. The van der Waals surface area contributed by atoms with E-state index in [-0.39, 0.29) is 11.9 Å². The van der Waals surface area contributed by atoms with Crippen LogP contribution in [0.2, 0.25) is 0 Å². The summed E-state index contributed by atoms with van der Waals surface area (Å²) in [5.41, 5.74) is 0.302. The van der Waals surface area contributed by atoms with E-state index in [0.29, 0.717) is 28.3 Å². The fraction of sp³-hybridized carbons (Fsp3) is 0.429. The van der Waals surface area contributed by atoms with Gasteiger partial charge in [-0.2, -0.15) is 0 Å². The van der Waals surface area contributed by atoms with Gasteiger partial charge in [-0.1, -0.05) is 24.8 Å². The summed E-state index contributed by atoms with van der Waals surface area (Å²) in [5, 5.41) is 1.16. The van der Waals surface area contributed by atoms with E-state index in [0.717, 1.165) is 5.75 Å². The lowest BCUT2D eigenvalue weighted by Crippen LogP contribution is -2.23. The molecule has 1 aliphatic carbocycles. The van der Waals surface area contributed by atoms with E-state index in [1.807, 2.05) is 6.92 Å². The van der Waals surface area contributed by atoms with Gasteiger partial charge in [0.05, 0.1) is 6.04 Å². The van der Waals surface area contributed by atoms with E-state index in [2.05, 4.69) is 9.97 Å². The van der Waals surface area contributed by atoms with Crippen LogP contribution in [-0.4, -0.2) is 35.0 Å². The van der Waals surface area contributed by atoms with Crippen LogP contribution >= 0.6 is 11.8 Å². The molecule has 1 aliphatic rings. The summed E-state index contributed by atoms with van der Waals surface area (Å²) in [6, 6.07) is 4.63. The predicted octanol–water partition coefficient (Wildman–Crippen LogP) is 3.43. The number of alkyl halides is 1. The van der Waals surface area contributed by atoms with Crippen LogP contribution in [0.15, 0.2) is 23.4 Å². The van der Waals surface area contributed by atoms with Crippen molar-refractivity contribution in [1.82, 2.24) is 9.97 Å². The Morgan fingerprint density at radius 2 is 2.15 bits per heavy atom. The average molecular weight is 295 g/mol. The zero-order chi connectivity index (χ0) is 14.3. The first-order valence-corrected chi connectivity index (χ1v) is 7.56. The summed E-state index contributed by atoms with van der Waals surface area (Å²) in [7, 11) is 1.80. The highest BCUT2D eigenvalue weighted by atomic mass is 32.2. The van der Waals surface area contributed by atoms with Gasteiger partial charge >= 0.3 is 0 Å². The first-order valence-electron chi connectivity index (χ1n) is 6.57. The third-order valence-electron chi connectivity index (χ3n) is 3.42. The van der Waals surface area contributed by atoms with Crippen molar-refractivity contribution in [3.8, 4) is 0 Å². The number of benzene rings is 1. The second kappa shape index (κ2) is 5.16. The van der Waals surface area contributed by atoms with Crippen LogP contribution in [-0.2, 0) is 0 Å². The number of aromatic nitrogens is 2. The van der Waals surface area contributed by atoms with Gasteiger partial charge in [-0.25, -0.2) is 18.7 Å². The van der Waals surface area contributed by atoms with Crippen LogP contribution in [0.3, 0.4) is 0 Å². The Labute approximate surface area is 120 Å². The molecule has 0 unspecified atom stereocenters. The maximum absolute atomic E-state index is 14.0. The molecule has 20 heavy (non-hydrogen) atoms. The Bertz CT molecular complexity index is 650. The molecule has 0 N–H and O–H groups in total. The second-order valence-electron chi connectivity index (χ2n) is 4.83. The summed E-state index contributed by atoms with van der Waals surface area (Å²) in [4.78, 5) is 10.5. The Hall–Kier alpha value is -1.43. The van der Waals surface area contributed by atoms with E-state index in [9.17, 15) is 8.78 Å². The number of halogens is 2. The van der Waals surface area contributed by atoms with Gasteiger partial charge in [-0.05, 0) is 17.9 Å². The summed E-state index contributed by atoms with van der Waals surface area (Å²) in [6.45, 7) is 1.99. The van der Waals surface area contributed by atoms with E-state index in [1.54, 1.807) is 24.1 Å². The third-order valence-corrected chi connectivity index (χ3v) is 4.15. The molecule has 1 heterocycles. The number of thioether (sulfide) groups is 1. The van der Waals surface area contributed by atoms with Crippen molar-refractivity contribution in [3.05, 3.63) is 24.0 Å². The van der Waals surface area contributed by atoms with E-state index < -0.39 is 6.17 Å². The molecule has 3 rings (SSSR count). The summed E-state index contributed by atoms with van der Waals surface area (Å²) in [5.74, 6) is 1.04. The minimum atomic E-state index is -0.819. The fourth-order valence-electron chi connectivity index (χ4n) is 2.25. The van der Waals surface area contributed by atoms with Gasteiger partial charge in [0.25, 0.3) is 0 Å². The molecule has 0 amide bonds. The molecule has 0 saturated heterocycles. The van der Waals surface area contributed by atoms with Crippen molar-refractivity contribution in [2.45, 2.75) is 30.7 Å². The number of para-hydroxylation sites is 1. The van der Waals surface area contributed by atoms with Crippen LogP contribution in [0.5, 0.6) is 0 Å². The van der Waals surface area contributed by atoms with Gasteiger partial charge in [0.15, 0.2) is 5.16 Å². The monoisotopic (exact) mass is 295 g/mol. The van der Waals surface area contributed by atoms with Crippen molar-refractivity contribution in [1.29, 1.82) is 0 Å². The van der Waals surface area contributed by atoms with Gasteiger partial charge in [-0.3, -0.25) is 0 Å². The van der Waals surface area contributed by atoms with Crippen molar-refractivity contribution >= 4 is 28.5 Å². The van der Waals surface area contributed by atoms with Gasteiger partial charge in [0, 0.05) is 18.9 Å². The van der Waals surface area contributed by atoms with E-state index >= 15 is 0 Å². The second-order valence-corrected chi connectivity index (χ2v) is 6.06. The summed E-state index contributed by atoms with van der Waals surface area (Å²) < 4.78 is 27.2. The van der Waals surface area contributed by atoms with Gasteiger partial charge in [0.2, 0.25) is 0 Å². The molecular weight excluding hydrogens is 280 g/mol. The van der Waals surface area contributed by atoms with Crippen molar-refractivity contribution < 1.29 is 8.78 Å². The number of nitrogens with zero attached hydrogens (tertiary/aromatic N) is 3. The standard InChI is InChI=1S/C14H15F2N3S/c1-3-20-14-17-12-8(5-4-6-9(12)15)13(18-14)19(2)11-7-10(11)16/h4-6,10-11H,3,7H2,1-2H3/t10-,11-/m0/s1. The van der Waals surface area contributed by atoms with Crippen LogP contribution in [0, 0.1) is 5.82 Å². The molecule has 2 atom stereocenters. The molecule has 1 fully saturated rings. The van der Waals surface area contributed by atoms with Crippen LogP contribution in [0.25, 0.3) is 10.9 Å². The normalized spacial score (nSPS) is 21.2. The highest BCUT2D eigenvalue weighted by molar-refractivity contribution is 7.99. The molecule has 0 radical (unpaired) electrons. The Balaban J connectivity index is 2.15. The largest absolute Gasteiger partial charge is 0.353 e. The van der Waals surface area contributed by atoms with Crippen LogP contribution < -0.4 is 4.90 Å². The lowest BCUT2D eigenvalue weighted by atomic mass is 10.2. The average Bonchev–Trinajstić information content (AvgIpc) is 3.16. The van der Waals surface area contributed by atoms with Crippen molar-refractivity contribution in [2.24, 2.45) is 0 Å². The molecule has 1 aromatic carbocycles. The van der Waals surface area contributed by atoms with Gasteiger partial charge in [0.1, 0.15) is 23.3 Å². The molecule has 1 saturated carbocycles. The van der Waals surface area contributed by atoms with Crippen molar-refractivity contribution in [2.75, 3.05) is 17.7 Å². The fourth-order valence-corrected chi connectivity index (χ4v) is 2.82. The van der Waals surface area contributed by atoms with Gasteiger partial charge < -0.3 is 4.90 Å². The number of anilines is 1. The SMILES string of the molecule is CCSc1nc(N(C)[C@H]2C[C@@H]2F)c2cccc(F)c2n1. The Morgan fingerprint density at radius 3 is 2.80 bits per heavy atom.